The first-order chi connectivity index (χ1) is 10.4. The third-order valence-corrected chi connectivity index (χ3v) is 5.92. The van der Waals surface area contributed by atoms with Crippen LogP contribution in [-0.2, 0) is 14.8 Å². The van der Waals surface area contributed by atoms with E-state index < -0.39 is 22.0 Å². The minimum absolute atomic E-state index is 0.150. The maximum absolute atomic E-state index is 12.8. The van der Waals surface area contributed by atoms with Crippen molar-refractivity contribution in [3.8, 4) is 0 Å². The highest BCUT2D eigenvalue weighted by Crippen LogP contribution is 2.45. The van der Waals surface area contributed by atoms with Gasteiger partial charge in [0, 0.05) is 4.47 Å². The van der Waals surface area contributed by atoms with Crippen LogP contribution in [0.1, 0.15) is 18.0 Å². The molecule has 22 heavy (non-hydrogen) atoms. The number of benzene rings is 2. The lowest BCUT2D eigenvalue weighted by atomic mass is 10.0. The van der Waals surface area contributed by atoms with Crippen molar-refractivity contribution in [1.82, 2.24) is 0 Å². The molecule has 0 bridgehead atoms. The number of halogens is 1. The van der Waals surface area contributed by atoms with Crippen LogP contribution < -0.4 is 4.31 Å². The molecular formula is C15H12BrNO4S. The molecule has 1 N–H and O–H groups in total. The van der Waals surface area contributed by atoms with Gasteiger partial charge < -0.3 is 5.11 Å². The van der Waals surface area contributed by atoms with Gasteiger partial charge in [0.1, 0.15) is 0 Å². The van der Waals surface area contributed by atoms with Crippen molar-refractivity contribution in [3.63, 3.8) is 0 Å². The van der Waals surface area contributed by atoms with Crippen molar-refractivity contribution >= 4 is 37.6 Å². The standard InChI is InChI=1S/C15H12BrNO4S/c16-10-6-7-12-13(9-15(18)19)17(11-4-2-1-3-5-11)22(20,21)14(12)8-10/h1-8,13H,9H2,(H,18,19). The molecule has 7 heteroatoms. The summed E-state index contributed by atoms with van der Waals surface area (Å²) in [6, 6.07) is 12.7. The molecule has 2 aromatic carbocycles. The van der Waals surface area contributed by atoms with E-state index in [-0.39, 0.29) is 11.3 Å². The lowest BCUT2D eigenvalue weighted by molar-refractivity contribution is -0.137. The lowest BCUT2D eigenvalue weighted by Crippen LogP contribution is -2.29. The maximum atomic E-state index is 12.8. The largest absolute Gasteiger partial charge is 0.481 e. The number of sulfonamides is 1. The van der Waals surface area contributed by atoms with Crippen molar-refractivity contribution in [3.05, 3.63) is 58.6 Å². The summed E-state index contributed by atoms with van der Waals surface area (Å²) in [5.41, 5.74) is 0.968. The Kier molecular flexibility index (Phi) is 3.70. The summed E-state index contributed by atoms with van der Waals surface area (Å²) in [5, 5.41) is 9.16. The minimum atomic E-state index is -3.78. The molecule has 3 rings (SSSR count). The Morgan fingerprint density at radius 2 is 1.86 bits per heavy atom. The van der Waals surface area contributed by atoms with E-state index in [4.69, 9.17) is 5.11 Å². The van der Waals surface area contributed by atoms with Crippen LogP contribution in [0.4, 0.5) is 5.69 Å². The molecule has 5 nitrogen and oxygen atoms in total. The van der Waals surface area contributed by atoms with Gasteiger partial charge in [-0.3, -0.25) is 9.10 Å². The van der Waals surface area contributed by atoms with Gasteiger partial charge in [0.2, 0.25) is 0 Å². The minimum Gasteiger partial charge on any atom is -0.481 e. The summed E-state index contributed by atoms with van der Waals surface area (Å²) in [4.78, 5) is 11.3. The zero-order chi connectivity index (χ0) is 15.9. The Hall–Kier alpha value is -1.86. The van der Waals surface area contributed by atoms with Crippen LogP contribution in [0.3, 0.4) is 0 Å². The van der Waals surface area contributed by atoms with Gasteiger partial charge in [0.25, 0.3) is 10.0 Å². The van der Waals surface area contributed by atoms with Crippen LogP contribution in [-0.4, -0.2) is 19.5 Å². The number of hydrogen-bond acceptors (Lipinski definition) is 3. The molecule has 0 fully saturated rings. The van der Waals surface area contributed by atoms with Crippen molar-refractivity contribution < 1.29 is 18.3 Å². The van der Waals surface area contributed by atoms with Gasteiger partial charge >= 0.3 is 5.97 Å². The molecule has 0 radical (unpaired) electrons. The van der Waals surface area contributed by atoms with E-state index in [0.29, 0.717) is 15.7 Å². The number of rotatable bonds is 3. The normalized spacial score (nSPS) is 19.0. The first-order valence-corrected chi connectivity index (χ1v) is 8.75. The van der Waals surface area contributed by atoms with Gasteiger partial charge in [0.15, 0.2) is 0 Å². The third-order valence-electron chi connectivity index (χ3n) is 3.53. The number of nitrogens with zero attached hydrogens (tertiary/aromatic N) is 1. The van der Waals surface area contributed by atoms with Crippen molar-refractivity contribution in [2.45, 2.75) is 17.4 Å². The van der Waals surface area contributed by atoms with Gasteiger partial charge in [-0.2, -0.15) is 0 Å². The third kappa shape index (κ3) is 2.40. The Morgan fingerprint density at radius 3 is 2.50 bits per heavy atom. The summed E-state index contributed by atoms with van der Waals surface area (Å²) in [7, 11) is -3.78. The Morgan fingerprint density at radius 1 is 1.18 bits per heavy atom. The molecular weight excluding hydrogens is 370 g/mol. The highest BCUT2D eigenvalue weighted by atomic mass is 79.9. The Bertz CT molecular complexity index is 836. The number of hydrogen-bond donors (Lipinski definition) is 1. The van der Waals surface area contributed by atoms with Crippen LogP contribution in [0.25, 0.3) is 0 Å². The fourth-order valence-electron chi connectivity index (χ4n) is 2.66. The number of para-hydroxylation sites is 1. The van der Waals surface area contributed by atoms with E-state index in [1.165, 1.54) is 10.4 Å². The fraction of sp³-hybridized carbons (Fsp3) is 0.133. The molecule has 0 amide bonds. The zero-order valence-electron chi connectivity index (χ0n) is 11.3. The SMILES string of the molecule is O=C(O)CC1c2ccc(Br)cc2S(=O)(=O)N1c1ccccc1. The number of fused-ring (bicyclic) bond motifs is 1. The molecule has 2 aromatic rings. The van der Waals surface area contributed by atoms with Crippen molar-refractivity contribution in [2.75, 3.05) is 4.31 Å². The number of carboxylic acid groups (broad SMARTS) is 1. The number of anilines is 1. The summed E-state index contributed by atoms with van der Waals surface area (Å²) in [5.74, 6) is -1.04. The van der Waals surface area contributed by atoms with Crippen LogP contribution in [0.15, 0.2) is 57.9 Å². The first-order valence-electron chi connectivity index (χ1n) is 6.52. The molecule has 1 heterocycles. The fourth-order valence-corrected chi connectivity index (χ4v) is 5.08. The molecule has 0 saturated heterocycles. The van der Waals surface area contributed by atoms with E-state index in [1.54, 1.807) is 42.5 Å². The summed E-state index contributed by atoms with van der Waals surface area (Å²) >= 11 is 3.26. The van der Waals surface area contributed by atoms with E-state index in [1.807, 2.05) is 0 Å². The van der Waals surface area contributed by atoms with E-state index in [0.717, 1.165) is 0 Å². The van der Waals surface area contributed by atoms with Crippen LogP contribution in [0, 0.1) is 0 Å². The van der Waals surface area contributed by atoms with Gasteiger partial charge in [-0.25, -0.2) is 8.42 Å². The smallest absolute Gasteiger partial charge is 0.305 e. The molecule has 1 unspecified atom stereocenters. The van der Waals surface area contributed by atoms with Crippen LogP contribution in [0.5, 0.6) is 0 Å². The Balaban J connectivity index is 2.22. The Labute approximate surface area is 136 Å². The van der Waals surface area contributed by atoms with E-state index >= 15 is 0 Å². The number of carbonyl (C=O) groups is 1. The maximum Gasteiger partial charge on any atom is 0.305 e. The van der Waals surface area contributed by atoms with Crippen molar-refractivity contribution in [2.24, 2.45) is 0 Å². The van der Waals surface area contributed by atoms with E-state index in [2.05, 4.69) is 15.9 Å². The second-order valence-electron chi connectivity index (χ2n) is 4.93. The van der Waals surface area contributed by atoms with Gasteiger partial charge in [-0.15, -0.1) is 0 Å². The first kappa shape index (κ1) is 15.1. The molecule has 0 spiro atoms. The predicted molar refractivity (Wildman–Crippen MR) is 85.2 cm³/mol. The quantitative estimate of drug-likeness (QED) is 0.885. The predicted octanol–water partition coefficient (Wildman–Crippen LogP) is 3.17. The molecule has 0 aromatic heterocycles. The molecule has 1 aliphatic heterocycles. The van der Waals surface area contributed by atoms with Crippen LogP contribution in [0.2, 0.25) is 0 Å². The summed E-state index contributed by atoms with van der Waals surface area (Å²) < 4.78 is 27.5. The van der Waals surface area contributed by atoms with Gasteiger partial charge in [0.05, 0.1) is 23.0 Å². The monoisotopic (exact) mass is 381 g/mol. The highest BCUT2D eigenvalue weighted by molar-refractivity contribution is 9.10. The molecule has 0 aliphatic carbocycles. The van der Waals surface area contributed by atoms with Crippen LogP contribution >= 0.6 is 15.9 Å². The topological polar surface area (TPSA) is 74.7 Å². The van der Waals surface area contributed by atoms with Gasteiger partial charge in [-0.05, 0) is 29.8 Å². The molecule has 114 valence electrons. The second-order valence-corrected chi connectivity index (χ2v) is 7.63. The zero-order valence-corrected chi connectivity index (χ0v) is 13.7. The lowest BCUT2D eigenvalue weighted by Gasteiger charge is -2.24. The molecule has 1 aliphatic rings. The average molecular weight is 382 g/mol. The average Bonchev–Trinajstić information content (AvgIpc) is 2.67. The second kappa shape index (κ2) is 5.40. The number of aliphatic carboxylic acids is 1. The van der Waals surface area contributed by atoms with Gasteiger partial charge in [-0.1, -0.05) is 40.2 Å². The highest BCUT2D eigenvalue weighted by Gasteiger charge is 2.43. The summed E-state index contributed by atoms with van der Waals surface area (Å²) in [6.07, 6.45) is -0.289. The molecule has 0 saturated carbocycles. The van der Waals surface area contributed by atoms with Crippen molar-refractivity contribution in [1.29, 1.82) is 0 Å². The molecule has 1 atom stereocenters. The number of carboxylic acids is 1. The summed E-state index contributed by atoms with van der Waals surface area (Å²) in [6.45, 7) is 0. The van der Waals surface area contributed by atoms with E-state index in [9.17, 15) is 13.2 Å².